The zero-order valence-corrected chi connectivity index (χ0v) is 10.8. The van der Waals surface area contributed by atoms with Crippen LogP contribution in [0.3, 0.4) is 0 Å². The number of carboxylic acids is 1. The molecule has 2 amide bonds. The normalized spacial score (nSPS) is 14.6. The summed E-state index contributed by atoms with van der Waals surface area (Å²) in [6, 6.07) is 2.70. The lowest BCUT2D eigenvalue weighted by atomic mass is 9.85. The van der Waals surface area contributed by atoms with Crippen molar-refractivity contribution in [2.45, 2.75) is 19.3 Å². The van der Waals surface area contributed by atoms with E-state index in [1.165, 1.54) is 37.6 Å². The molecule has 0 aromatic carbocycles. The van der Waals surface area contributed by atoms with Gasteiger partial charge in [-0.15, -0.1) is 0 Å². The lowest BCUT2D eigenvalue weighted by molar-refractivity contribution is 0.0690. The van der Waals surface area contributed by atoms with Crippen molar-refractivity contribution in [3.63, 3.8) is 0 Å². The van der Waals surface area contributed by atoms with Crippen LogP contribution >= 0.6 is 0 Å². The summed E-state index contributed by atoms with van der Waals surface area (Å²) in [6.45, 7) is 0.756. The van der Waals surface area contributed by atoms with E-state index in [1.54, 1.807) is 11.9 Å². The Morgan fingerprint density at radius 2 is 2.21 bits per heavy atom. The van der Waals surface area contributed by atoms with Crippen LogP contribution in [0.5, 0.6) is 0 Å². The van der Waals surface area contributed by atoms with Crippen molar-refractivity contribution in [2.24, 2.45) is 5.92 Å². The number of hydrogen-bond acceptors (Lipinski definition) is 3. The van der Waals surface area contributed by atoms with E-state index in [0.29, 0.717) is 11.6 Å². The number of hydrogen-bond donors (Lipinski definition) is 2. The molecular weight excluding hydrogens is 246 g/mol. The van der Waals surface area contributed by atoms with Gasteiger partial charge in [-0.3, -0.25) is 0 Å². The van der Waals surface area contributed by atoms with Gasteiger partial charge in [-0.05, 0) is 30.9 Å². The molecule has 6 nitrogen and oxygen atoms in total. The van der Waals surface area contributed by atoms with Gasteiger partial charge in [-0.25, -0.2) is 14.6 Å². The summed E-state index contributed by atoms with van der Waals surface area (Å²) in [5.41, 5.74) is 0.455. The standard InChI is InChI=1S/C13H17N3O3/c1-16(8-9-3-2-4-9)13(19)15-10-5-6-11(12(17)18)14-7-10/h5-7,9H,2-4,8H2,1H3,(H,15,19)(H,17,18). The van der Waals surface area contributed by atoms with E-state index in [4.69, 9.17) is 5.11 Å². The molecule has 0 aliphatic heterocycles. The Morgan fingerprint density at radius 3 is 2.68 bits per heavy atom. The highest BCUT2D eigenvalue weighted by Crippen LogP contribution is 2.26. The third-order valence-corrected chi connectivity index (χ3v) is 3.34. The maximum Gasteiger partial charge on any atom is 0.354 e. The third-order valence-electron chi connectivity index (χ3n) is 3.34. The van der Waals surface area contributed by atoms with Crippen LogP contribution in [0.25, 0.3) is 0 Å². The number of rotatable bonds is 4. The second-order valence-corrected chi connectivity index (χ2v) is 4.84. The van der Waals surface area contributed by atoms with E-state index >= 15 is 0 Å². The maximum atomic E-state index is 11.9. The number of aromatic carboxylic acids is 1. The van der Waals surface area contributed by atoms with E-state index in [2.05, 4.69) is 10.3 Å². The summed E-state index contributed by atoms with van der Waals surface area (Å²) in [4.78, 5) is 27.9. The van der Waals surface area contributed by atoms with E-state index in [9.17, 15) is 9.59 Å². The lowest BCUT2D eigenvalue weighted by Gasteiger charge is -2.30. The summed E-state index contributed by atoms with van der Waals surface area (Å²) in [7, 11) is 1.76. The van der Waals surface area contributed by atoms with Crippen LogP contribution < -0.4 is 5.32 Å². The SMILES string of the molecule is CN(CC1CCC1)C(=O)Nc1ccc(C(=O)O)nc1. The fourth-order valence-corrected chi connectivity index (χ4v) is 1.96. The predicted octanol–water partition coefficient (Wildman–Crippen LogP) is 2.04. The Hall–Kier alpha value is -2.11. The monoisotopic (exact) mass is 263 g/mol. The number of pyridine rings is 1. The molecule has 0 saturated heterocycles. The molecule has 1 fully saturated rings. The molecule has 0 bridgehead atoms. The number of anilines is 1. The van der Waals surface area contributed by atoms with Crippen molar-refractivity contribution in [3.05, 3.63) is 24.0 Å². The molecule has 1 aliphatic carbocycles. The molecule has 0 spiro atoms. The third kappa shape index (κ3) is 3.43. The summed E-state index contributed by atoms with van der Waals surface area (Å²) in [6.07, 6.45) is 4.97. The fourth-order valence-electron chi connectivity index (χ4n) is 1.96. The van der Waals surface area contributed by atoms with Gasteiger partial charge in [0.15, 0.2) is 0 Å². The number of carbonyl (C=O) groups is 2. The van der Waals surface area contributed by atoms with Crippen LogP contribution in [0.15, 0.2) is 18.3 Å². The van der Waals surface area contributed by atoms with Crippen LogP contribution in [0.2, 0.25) is 0 Å². The van der Waals surface area contributed by atoms with Gasteiger partial charge in [0.25, 0.3) is 0 Å². The molecule has 1 aliphatic rings. The Balaban J connectivity index is 1.88. The van der Waals surface area contributed by atoms with E-state index in [-0.39, 0.29) is 11.7 Å². The van der Waals surface area contributed by atoms with Gasteiger partial charge < -0.3 is 15.3 Å². The topological polar surface area (TPSA) is 82.5 Å². The van der Waals surface area contributed by atoms with Crippen LogP contribution in [-0.4, -0.2) is 40.6 Å². The minimum absolute atomic E-state index is 0.0409. The van der Waals surface area contributed by atoms with Gasteiger partial charge in [0, 0.05) is 13.6 Å². The van der Waals surface area contributed by atoms with Gasteiger partial charge in [0.2, 0.25) is 0 Å². The second kappa shape index (κ2) is 5.69. The average molecular weight is 263 g/mol. The van der Waals surface area contributed by atoms with Crippen molar-refractivity contribution >= 4 is 17.7 Å². The first kappa shape index (κ1) is 13.3. The molecular formula is C13H17N3O3. The minimum atomic E-state index is -1.08. The summed E-state index contributed by atoms with van der Waals surface area (Å²) in [5, 5.41) is 11.4. The van der Waals surface area contributed by atoms with E-state index < -0.39 is 5.97 Å². The second-order valence-electron chi connectivity index (χ2n) is 4.84. The molecule has 0 radical (unpaired) electrons. The quantitative estimate of drug-likeness (QED) is 0.870. The highest BCUT2D eigenvalue weighted by atomic mass is 16.4. The van der Waals surface area contributed by atoms with Crippen LogP contribution in [0, 0.1) is 5.92 Å². The maximum absolute atomic E-state index is 11.9. The van der Waals surface area contributed by atoms with Gasteiger partial charge in [-0.2, -0.15) is 0 Å². The van der Waals surface area contributed by atoms with Crippen molar-refractivity contribution in [3.8, 4) is 0 Å². The van der Waals surface area contributed by atoms with Gasteiger partial charge >= 0.3 is 12.0 Å². The lowest BCUT2D eigenvalue weighted by Crippen LogP contribution is -2.37. The summed E-state index contributed by atoms with van der Waals surface area (Å²) >= 11 is 0. The molecule has 1 aromatic heterocycles. The van der Waals surface area contributed by atoms with Gasteiger partial charge in [-0.1, -0.05) is 6.42 Å². The molecule has 0 atom stereocenters. The zero-order valence-electron chi connectivity index (χ0n) is 10.8. The first-order valence-corrected chi connectivity index (χ1v) is 6.27. The fraction of sp³-hybridized carbons (Fsp3) is 0.462. The number of amides is 2. The van der Waals surface area contributed by atoms with Gasteiger partial charge in [0.1, 0.15) is 5.69 Å². The minimum Gasteiger partial charge on any atom is -0.477 e. The predicted molar refractivity (Wildman–Crippen MR) is 70.2 cm³/mol. The zero-order chi connectivity index (χ0) is 13.8. The Labute approximate surface area is 111 Å². The molecule has 102 valence electrons. The Bertz CT molecular complexity index is 469. The van der Waals surface area contributed by atoms with Crippen molar-refractivity contribution in [2.75, 3.05) is 18.9 Å². The number of carbonyl (C=O) groups excluding carboxylic acids is 1. The molecule has 1 saturated carbocycles. The molecule has 1 heterocycles. The number of aromatic nitrogens is 1. The molecule has 2 N–H and O–H groups in total. The van der Waals surface area contributed by atoms with Crippen LogP contribution in [-0.2, 0) is 0 Å². The molecule has 19 heavy (non-hydrogen) atoms. The van der Waals surface area contributed by atoms with Crippen molar-refractivity contribution in [1.82, 2.24) is 9.88 Å². The molecule has 1 aromatic rings. The Morgan fingerprint density at radius 1 is 1.47 bits per heavy atom. The largest absolute Gasteiger partial charge is 0.477 e. The number of nitrogens with one attached hydrogen (secondary N) is 1. The summed E-state index contributed by atoms with van der Waals surface area (Å²) in [5.74, 6) is -0.469. The van der Waals surface area contributed by atoms with E-state index in [0.717, 1.165) is 6.54 Å². The van der Waals surface area contributed by atoms with Gasteiger partial charge in [0.05, 0.1) is 11.9 Å². The highest BCUT2D eigenvalue weighted by molar-refractivity contribution is 5.90. The molecule has 2 rings (SSSR count). The molecule has 6 heteroatoms. The first-order valence-electron chi connectivity index (χ1n) is 6.27. The molecule has 0 unspecified atom stereocenters. The van der Waals surface area contributed by atoms with Crippen LogP contribution in [0.1, 0.15) is 29.8 Å². The number of urea groups is 1. The van der Waals surface area contributed by atoms with Crippen molar-refractivity contribution in [1.29, 1.82) is 0 Å². The van der Waals surface area contributed by atoms with E-state index in [1.807, 2.05) is 0 Å². The average Bonchev–Trinajstić information content (AvgIpc) is 2.34. The number of carboxylic acid groups (broad SMARTS) is 1. The van der Waals surface area contributed by atoms with Crippen molar-refractivity contribution < 1.29 is 14.7 Å². The highest BCUT2D eigenvalue weighted by Gasteiger charge is 2.21. The Kier molecular flexibility index (Phi) is 3.99. The smallest absolute Gasteiger partial charge is 0.354 e. The first-order chi connectivity index (χ1) is 9.06. The number of nitrogens with zero attached hydrogens (tertiary/aromatic N) is 2. The van der Waals surface area contributed by atoms with Crippen LogP contribution in [0.4, 0.5) is 10.5 Å². The summed E-state index contributed by atoms with van der Waals surface area (Å²) < 4.78 is 0.